The van der Waals surface area contributed by atoms with Crippen LogP contribution in [0.3, 0.4) is 0 Å². The number of nitrogens with one attached hydrogen (secondary N) is 1. The van der Waals surface area contributed by atoms with Crippen molar-refractivity contribution in [1.29, 1.82) is 0 Å². The Bertz CT molecular complexity index is 1370. The molecule has 3 heterocycles. The predicted molar refractivity (Wildman–Crippen MR) is 163 cm³/mol. The number of hydrogen-bond acceptors (Lipinski definition) is 8. The number of aromatic nitrogens is 2. The molecular weight excluding hydrogens is 564 g/mol. The number of piperazine rings is 1. The fourth-order valence-corrected chi connectivity index (χ4v) is 6.25. The standard InChI is InChI=1S/C32H42N6O6/c1-5-6-14-44-32(43)38-13-12-36(16-20(38)4)30(40)27(19(2)3)35-29(39)24-15-25(34-28(33-24)21-10-8-7-9-11-21)37-17-22-23(18-37)26(22)31(41)42/h7-11,15,19-20,22-23,26-27H,5-6,12-14,16-18H2,1-4H3,(H,35,39)(H,41,42)/t20-,22-,23+,26?,27+/m1/s1. The van der Waals surface area contributed by atoms with Crippen molar-refractivity contribution in [3.63, 3.8) is 0 Å². The Balaban J connectivity index is 1.30. The molecule has 3 aliphatic rings. The van der Waals surface area contributed by atoms with Crippen molar-refractivity contribution < 1.29 is 29.0 Å². The molecule has 2 aromatic rings. The molecule has 44 heavy (non-hydrogen) atoms. The van der Waals surface area contributed by atoms with E-state index in [1.54, 1.807) is 15.9 Å². The van der Waals surface area contributed by atoms with Crippen LogP contribution in [0, 0.1) is 23.7 Å². The van der Waals surface area contributed by atoms with Crippen LogP contribution in [0.5, 0.6) is 0 Å². The highest BCUT2D eigenvalue weighted by Crippen LogP contribution is 2.52. The van der Waals surface area contributed by atoms with Gasteiger partial charge in [0.15, 0.2) is 5.82 Å². The van der Waals surface area contributed by atoms with Crippen molar-refractivity contribution in [2.24, 2.45) is 23.7 Å². The number of fused-ring (bicyclic) bond motifs is 1. The van der Waals surface area contributed by atoms with Gasteiger partial charge in [-0.15, -0.1) is 0 Å². The molecule has 0 spiro atoms. The van der Waals surface area contributed by atoms with Crippen LogP contribution in [0.2, 0.25) is 0 Å². The molecule has 1 aromatic heterocycles. The van der Waals surface area contributed by atoms with Gasteiger partial charge in [0, 0.05) is 50.4 Å². The first kappa shape index (κ1) is 31.2. The average Bonchev–Trinajstić information content (AvgIpc) is 3.53. The lowest BCUT2D eigenvalue weighted by Crippen LogP contribution is -2.60. The lowest BCUT2D eigenvalue weighted by atomic mass is 10.0. The summed E-state index contributed by atoms with van der Waals surface area (Å²) >= 11 is 0. The third kappa shape index (κ3) is 6.63. The van der Waals surface area contributed by atoms with Gasteiger partial charge in [0.25, 0.3) is 5.91 Å². The summed E-state index contributed by atoms with van der Waals surface area (Å²) < 4.78 is 5.37. The second-order valence-corrected chi connectivity index (χ2v) is 12.4. The van der Waals surface area contributed by atoms with Crippen LogP contribution < -0.4 is 10.2 Å². The van der Waals surface area contributed by atoms with E-state index in [1.807, 2.05) is 62.9 Å². The Labute approximate surface area is 257 Å². The van der Waals surface area contributed by atoms with E-state index in [1.165, 1.54) is 0 Å². The number of ether oxygens (including phenoxy) is 1. The Kier molecular flexibility index (Phi) is 9.36. The van der Waals surface area contributed by atoms with E-state index in [9.17, 15) is 24.3 Å². The molecule has 0 radical (unpaired) electrons. The van der Waals surface area contributed by atoms with E-state index in [-0.39, 0.29) is 47.4 Å². The molecule has 12 nitrogen and oxygen atoms in total. The molecule has 0 bridgehead atoms. The number of piperidine rings is 1. The largest absolute Gasteiger partial charge is 0.481 e. The molecule has 3 fully saturated rings. The van der Waals surface area contributed by atoms with Crippen molar-refractivity contribution in [3.05, 3.63) is 42.1 Å². The van der Waals surface area contributed by atoms with Gasteiger partial charge in [-0.1, -0.05) is 57.5 Å². The summed E-state index contributed by atoms with van der Waals surface area (Å²) in [7, 11) is 0. The van der Waals surface area contributed by atoms with Crippen molar-refractivity contribution in [2.75, 3.05) is 44.2 Å². The molecule has 5 atom stereocenters. The van der Waals surface area contributed by atoms with Crippen LogP contribution in [0.1, 0.15) is 51.0 Å². The first-order valence-electron chi connectivity index (χ1n) is 15.5. The van der Waals surface area contributed by atoms with Crippen molar-refractivity contribution in [2.45, 2.75) is 52.6 Å². The number of rotatable bonds is 10. The minimum Gasteiger partial charge on any atom is -0.481 e. The van der Waals surface area contributed by atoms with E-state index < -0.39 is 17.9 Å². The second-order valence-electron chi connectivity index (χ2n) is 12.4. The van der Waals surface area contributed by atoms with E-state index in [4.69, 9.17) is 9.72 Å². The monoisotopic (exact) mass is 606 g/mol. The van der Waals surface area contributed by atoms with Gasteiger partial charge in [0.1, 0.15) is 17.6 Å². The Hall–Kier alpha value is -4.22. The van der Waals surface area contributed by atoms with Gasteiger partial charge in [0.05, 0.1) is 12.5 Å². The number of amides is 3. The van der Waals surface area contributed by atoms with Gasteiger partial charge in [-0.25, -0.2) is 14.8 Å². The average molecular weight is 607 g/mol. The molecule has 1 aromatic carbocycles. The van der Waals surface area contributed by atoms with Crippen molar-refractivity contribution >= 4 is 29.7 Å². The first-order valence-corrected chi connectivity index (χ1v) is 15.5. The van der Waals surface area contributed by atoms with Crippen LogP contribution in [-0.4, -0.2) is 100 Å². The van der Waals surface area contributed by atoms with Crippen LogP contribution in [0.4, 0.5) is 10.6 Å². The fourth-order valence-electron chi connectivity index (χ4n) is 6.25. The topological polar surface area (TPSA) is 145 Å². The summed E-state index contributed by atoms with van der Waals surface area (Å²) in [4.78, 5) is 66.1. The molecule has 2 N–H and O–H groups in total. The van der Waals surface area contributed by atoms with Gasteiger partial charge < -0.3 is 29.9 Å². The molecule has 2 aliphatic heterocycles. The summed E-state index contributed by atoms with van der Waals surface area (Å²) in [5.74, 6) is -0.901. The fraction of sp³-hybridized carbons (Fsp3) is 0.562. The zero-order valence-electron chi connectivity index (χ0n) is 25.8. The summed E-state index contributed by atoms with van der Waals surface area (Å²) in [6.07, 6.45) is 1.37. The Morgan fingerprint density at radius 2 is 1.75 bits per heavy atom. The summed E-state index contributed by atoms with van der Waals surface area (Å²) in [5, 5.41) is 12.4. The minimum atomic E-state index is -0.799. The number of carbonyl (C=O) groups excluding carboxylic acids is 3. The van der Waals surface area contributed by atoms with E-state index in [0.29, 0.717) is 51.0 Å². The smallest absolute Gasteiger partial charge is 0.410 e. The maximum absolute atomic E-state index is 13.7. The molecule has 5 rings (SSSR count). The van der Waals surface area contributed by atoms with Gasteiger partial charge in [-0.05, 0) is 31.1 Å². The highest BCUT2D eigenvalue weighted by Gasteiger charge is 2.60. The molecule has 1 saturated carbocycles. The van der Waals surface area contributed by atoms with Crippen LogP contribution >= 0.6 is 0 Å². The summed E-state index contributed by atoms with van der Waals surface area (Å²) in [6.45, 7) is 10.2. The molecule has 2 saturated heterocycles. The number of benzene rings is 1. The van der Waals surface area contributed by atoms with E-state index in [2.05, 4.69) is 10.3 Å². The molecular formula is C32H42N6O6. The molecule has 12 heteroatoms. The van der Waals surface area contributed by atoms with Gasteiger partial charge in [-0.3, -0.25) is 14.4 Å². The maximum atomic E-state index is 13.7. The quantitative estimate of drug-likeness (QED) is 0.390. The van der Waals surface area contributed by atoms with Crippen molar-refractivity contribution in [3.8, 4) is 11.4 Å². The number of carbonyl (C=O) groups is 4. The van der Waals surface area contributed by atoms with Gasteiger partial charge >= 0.3 is 12.1 Å². The molecule has 1 unspecified atom stereocenters. The van der Waals surface area contributed by atoms with Crippen LogP contribution in [0.25, 0.3) is 11.4 Å². The highest BCUT2D eigenvalue weighted by atomic mass is 16.6. The number of anilines is 1. The highest BCUT2D eigenvalue weighted by molar-refractivity contribution is 5.97. The lowest BCUT2D eigenvalue weighted by molar-refractivity contribution is -0.139. The summed E-state index contributed by atoms with van der Waals surface area (Å²) in [6, 6.07) is 9.94. The third-order valence-electron chi connectivity index (χ3n) is 8.90. The number of carboxylic acid groups (broad SMARTS) is 1. The van der Waals surface area contributed by atoms with Crippen LogP contribution in [-0.2, 0) is 14.3 Å². The van der Waals surface area contributed by atoms with E-state index >= 15 is 0 Å². The normalized spacial score (nSPS) is 23.2. The Morgan fingerprint density at radius 1 is 1.05 bits per heavy atom. The molecule has 236 valence electrons. The van der Waals surface area contributed by atoms with Crippen molar-refractivity contribution in [1.82, 2.24) is 25.1 Å². The Morgan fingerprint density at radius 3 is 2.36 bits per heavy atom. The minimum absolute atomic E-state index is 0.0731. The van der Waals surface area contributed by atoms with Gasteiger partial charge in [0.2, 0.25) is 5.91 Å². The lowest BCUT2D eigenvalue weighted by Gasteiger charge is -2.40. The molecule has 3 amide bonds. The number of hydrogen-bond donors (Lipinski definition) is 2. The molecule has 1 aliphatic carbocycles. The number of aliphatic carboxylic acids is 1. The third-order valence-corrected chi connectivity index (χ3v) is 8.90. The zero-order chi connectivity index (χ0) is 31.5. The predicted octanol–water partition coefficient (Wildman–Crippen LogP) is 3.13. The number of carboxylic acids is 1. The SMILES string of the molecule is CCCCOC(=O)N1CCN(C(=O)[C@@H](NC(=O)c2cc(N3C[C@@H]4C(C(=O)O)[C@@H]4C3)nc(-c3ccccc3)n2)C(C)C)C[C@H]1C. The number of unbranched alkanes of at least 4 members (excludes halogenated alkanes) is 1. The second kappa shape index (κ2) is 13.2. The van der Waals surface area contributed by atoms with Crippen LogP contribution in [0.15, 0.2) is 36.4 Å². The van der Waals surface area contributed by atoms with E-state index in [0.717, 1.165) is 18.4 Å². The van der Waals surface area contributed by atoms with Gasteiger partial charge in [-0.2, -0.15) is 0 Å². The maximum Gasteiger partial charge on any atom is 0.410 e. The summed E-state index contributed by atoms with van der Waals surface area (Å²) in [5.41, 5.74) is 0.878. The zero-order valence-corrected chi connectivity index (χ0v) is 25.8. The number of nitrogens with zero attached hydrogens (tertiary/aromatic N) is 5. The first-order chi connectivity index (χ1) is 21.1.